The van der Waals surface area contributed by atoms with Crippen molar-refractivity contribution in [1.82, 2.24) is 9.97 Å². The Balaban J connectivity index is 1.67. The fourth-order valence-corrected chi connectivity index (χ4v) is 3.83. The first-order valence-electron chi connectivity index (χ1n) is 7.40. The van der Waals surface area contributed by atoms with Gasteiger partial charge in [0.15, 0.2) is 0 Å². The number of benzene rings is 1. The molecule has 2 heterocycles. The van der Waals surface area contributed by atoms with Crippen LogP contribution in [-0.2, 0) is 4.79 Å². The first-order chi connectivity index (χ1) is 11.1. The number of amides is 1. The third kappa shape index (κ3) is 4.09. The SMILES string of the molecule is O=C(Nc1ccc(Br)cc1Br)[C@H]1CCCN(c2cnccn2)C1. The van der Waals surface area contributed by atoms with Gasteiger partial charge in [-0.05, 0) is 47.0 Å². The van der Waals surface area contributed by atoms with Crippen molar-refractivity contribution in [1.29, 1.82) is 0 Å². The zero-order valence-electron chi connectivity index (χ0n) is 12.4. The summed E-state index contributed by atoms with van der Waals surface area (Å²) in [5.41, 5.74) is 0.787. The molecule has 1 N–H and O–H groups in total. The molecule has 1 amide bonds. The van der Waals surface area contributed by atoms with Crippen molar-refractivity contribution in [3.8, 4) is 0 Å². The number of rotatable bonds is 3. The Morgan fingerprint density at radius 3 is 2.91 bits per heavy atom. The van der Waals surface area contributed by atoms with Crippen molar-refractivity contribution < 1.29 is 4.79 Å². The molecular weight excluding hydrogens is 424 g/mol. The highest BCUT2D eigenvalue weighted by molar-refractivity contribution is 9.11. The Hall–Kier alpha value is -1.47. The third-order valence-corrected chi connectivity index (χ3v) is 5.00. The third-order valence-electron chi connectivity index (χ3n) is 3.85. The number of hydrogen-bond donors (Lipinski definition) is 1. The summed E-state index contributed by atoms with van der Waals surface area (Å²) in [6.07, 6.45) is 6.93. The van der Waals surface area contributed by atoms with E-state index >= 15 is 0 Å². The summed E-state index contributed by atoms with van der Waals surface area (Å²) in [6, 6.07) is 5.71. The Morgan fingerprint density at radius 1 is 1.30 bits per heavy atom. The van der Waals surface area contributed by atoms with Crippen LogP contribution in [0.4, 0.5) is 11.5 Å². The fourth-order valence-electron chi connectivity index (χ4n) is 2.68. The molecule has 0 unspecified atom stereocenters. The second-order valence-corrected chi connectivity index (χ2v) is 7.23. The molecule has 0 bridgehead atoms. The number of halogens is 2. The van der Waals surface area contributed by atoms with Crippen LogP contribution in [0.5, 0.6) is 0 Å². The van der Waals surface area contributed by atoms with Crippen molar-refractivity contribution in [2.45, 2.75) is 12.8 Å². The van der Waals surface area contributed by atoms with Crippen LogP contribution in [0, 0.1) is 5.92 Å². The number of nitrogens with one attached hydrogen (secondary N) is 1. The standard InChI is InChI=1S/C16H16Br2N4O/c17-12-3-4-14(13(18)8-12)21-16(23)11-2-1-7-22(10-11)15-9-19-5-6-20-15/h3-6,8-9,11H,1-2,7,10H2,(H,21,23)/t11-/m0/s1. The van der Waals surface area contributed by atoms with E-state index in [1.54, 1.807) is 18.6 Å². The second kappa shape index (κ2) is 7.40. The second-order valence-electron chi connectivity index (χ2n) is 5.46. The van der Waals surface area contributed by atoms with Gasteiger partial charge in [-0.25, -0.2) is 4.98 Å². The molecule has 1 aromatic heterocycles. The van der Waals surface area contributed by atoms with Gasteiger partial charge in [-0.2, -0.15) is 0 Å². The van der Waals surface area contributed by atoms with Crippen LogP contribution >= 0.6 is 31.9 Å². The molecule has 23 heavy (non-hydrogen) atoms. The van der Waals surface area contributed by atoms with E-state index in [0.29, 0.717) is 6.54 Å². The molecule has 1 aliphatic rings. The normalized spacial score (nSPS) is 17.8. The number of piperidine rings is 1. The number of nitrogens with zero attached hydrogens (tertiary/aromatic N) is 3. The van der Waals surface area contributed by atoms with Gasteiger partial charge in [0, 0.05) is 34.4 Å². The Labute approximate surface area is 151 Å². The summed E-state index contributed by atoms with van der Waals surface area (Å²) >= 11 is 6.89. The summed E-state index contributed by atoms with van der Waals surface area (Å²) in [6.45, 7) is 1.57. The molecule has 0 radical (unpaired) electrons. The summed E-state index contributed by atoms with van der Waals surface area (Å²) < 4.78 is 1.83. The van der Waals surface area contributed by atoms with Gasteiger partial charge in [-0.15, -0.1) is 0 Å². The molecule has 0 saturated carbocycles. The molecule has 3 rings (SSSR count). The maximum atomic E-state index is 12.6. The maximum Gasteiger partial charge on any atom is 0.229 e. The first kappa shape index (κ1) is 16.4. The number of anilines is 2. The van der Waals surface area contributed by atoms with E-state index in [4.69, 9.17) is 0 Å². The number of carbonyl (C=O) groups is 1. The highest BCUT2D eigenvalue weighted by Gasteiger charge is 2.27. The molecule has 1 fully saturated rings. The molecule has 1 aliphatic heterocycles. The smallest absolute Gasteiger partial charge is 0.229 e. The Bertz CT molecular complexity index is 696. The molecule has 120 valence electrons. The van der Waals surface area contributed by atoms with Crippen molar-refractivity contribution >= 4 is 49.3 Å². The van der Waals surface area contributed by atoms with Gasteiger partial charge in [-0.3, -0.25) is 9.78 Å². The molecular formula is C16H16Br2N4O. The number of carbonyl (C=O) groups excluding carboxylic acids is 1. The molecule has 0 spiro atoms. The molecule has 0 aliphatic carbocycles. The topological polar surface area (TPSA) is 58.1 Å². The van der Waals surface area contributed by atoms with Gasteiger partial charge < -0.3 is 10.2 Å². The molecule has 1 atom stereocenters. The van der Waals surface area contributed by atoms with E-state index in [1.807, 2.05) is 18.2 Å². The zero-order valence-corrected chi connectivity index (χ0v) is 15.5. The maximum absolute atomic E-state index is 12.6. The summed E-state index contributed by atoms with van der Waals surface area (Å²) in [4.78, 5) is 23.1. The average Bonchev–Trinajstić information content (AvgIpc) is 2.58. The molecule has 7 heteroatoms. The van der Waals surface area contributed by atoms with Crippen LogP contribution in [0.3, 0.4) is 0 Å². The van der Waals surface area contributed by atoms with Gasteiger partial charge in [0.1, 0.15) is 5.82 Å². The fraction of sp³-hybridized carbons (Fsp3) is 0.312. The minimum absolute atomic E-state index is 0.0432. The van der Waals surface area contributed by atoms with Crippen LogP contribution in [0.25, 0.3) is 0 Å². The lowest BCUT2D eigenvalue weighted by atomic mass is 9.97. The predicted octanol–water partition coefficient (Wildman–Crippen LogP) is 3.86. The molecule has 1 saturated heterocycles. The minimum atomic E-state index is -0.0543. The molecule has 5 nitrogen and oxygen atoms in total. The molecule has 1 aromatic carbocycles. The van der Waals surface area contributed by atoms with Crippen molar-refractivity contribution in [3.63, 3.8) is 0 Å². The lowest BCUT2D eigenvalue weighted by Gasteiger charge is -2.32. The molecule has 2 aromatic rings. The first-order valence-corrected chi connectivity index (χ1v) is 8.99. The van der Waals surface area contributed by atoms with E-state index in [9.17, 15) is 4.79 Å². The van der Waals surface area contributed by atoms with E-state index < -0.39 is 0 Å². The summed E-state index contributed by atoms with van der Waals surface area (Å²) in [5.74, 6) is 0.817. The van der Waals surface area contributed by atoms with E-state index in [2.05, 4.69) is 52.0 Å². The van der Waals surface area contributed by atoms with Crippen LogP contribution in [-0.4, -0.2) is 29.0 Å². The van der Waals surface area contributed by atoms with Crippen molar-refractivity contribution in [2.75, 3.05) is 23.3 Å². The van der Waals surface area contributed by atoms with Crippen molar-refractivity contribution in [3.05, 3.63) is 45.7 Å². The van der Waals surface area contributed by atoms with Crippen LogP contribution < -0.4 is 10.2 Å². The van der Waals surface area contributed by atoms with Gasteiger partial charge in [0.2, 0.25) is 5.91 Å². The average molecular weight is 440 g/mol. The Kier molecular flexibility index (Phi) is 5.27. The van der Waals surface area contributed by atoms with E-state index in [-0.39, 0.29) is 11.8 Å². The zero-order chi connectivity index (χ0) is 16.2. The van der Waals surface area contributed by atoms with Gasteiger partial charge in [0.25, 0.3) is 0 Å². The lowest BCUT2D eigenvalue weighted by Crippen LogP contribution is -2.41. The van der Waals surface area contributed by atoms with Crippen LogP contribution in [0.15, 0.2) is 45.7 Å². The van der Waals surface area contributed by atoms with Gasteiger partial charge in [0.05, 0.1) is 17.8 Å². The minimum Gasteiger partial charge on any atom is -0.355 e. The van der Waals surface area contributed by atoms with Gasteiger partial charge >= 0.3 is 0 Å². The quantitative estimate of drug-likeness (QED) is 0.788. The Morgan fingerprint density at radius 2 is 2.17 bits per heavy atom. The van der Waals surface area contributed by atoms with E-state index in [0.717, 1.165) is 39.8 Å². The van der Waals surface area contributed by atoms with Gasteiger partial charge in [-0.1, -0.05) is 15.9 Å². The highest BCUT2D eigenvalue weighted by Crippen LogP contribution is 2.28. The van der Waals surface area contributed by atoms with Crippen LogP contribution in [0.1, 0.15) is 12.8 Å². The van der Waals surface area contributed by atoms with E-state index in [1.165, 1.54) is 0 Å². The van der Waals surface area contributed by atoms with Crippen LogP contribution in [0.2, 0.25) is 0 Å². The number of aromatic nitrogens is 2. The summed E-state index contributed by atoms with van der Waals surface area (Å²) in [7, 11) is 0. The van der Waals surface area contributed by atoms with Crippen molar-refractivity contribution in [2.24, 2.45) is 5.92 Å². The lowest BCUT2D eigenvalue weighted by molar-refractivity contribution is -0.120. The predicted molar refractivity (Wildman–Crippen MR) is 97.4 cm³/mol. The monoisotopic (exact) mass is 438 g/mol. The summed E-state index contributed by atoms with van der Waals surface area (Å²) in [5, 5.41) is 3.01. The number of hydrogen-bond acceptors (Lipinski definition) is 4. The largest absolute Gasteiger partial charge is 0.355 e. The highest BCUT2D eigenvalue weighted by atomic mass is 79.9.